The van der Waals surface area contributed by atoms with Gasteiger partial charge in [0.15, 0.2) is 5.75 Å². The van der Waals surface area contributed by atoms with Gasteiger partial charge in [0.05, 0.1) is 6.10 Å². The smallest absolute Gasteiger partial charge is 0.263 e. The molecular weight excluding hydrogens is 250 g/mol. The van der Waals surface area contributed by atoms with Gasteiger partial charge >= 0.3 is 0 Å². The fraction of sp³-hybridized carbons (Fsp3) is 0.583. The Morgan fingerprint density at radius 3 is 2.56 bits per heavy atom. The van der Waals surface area contributed by atoms with Crippen LogP contribution >= 0.6 is 11.3 Å². The lowest BCUT2D eigenvalue weighted by Gasteiger charge is -2.15. The van der Waals surface area contributed by atoms with Gasteiger partial charge in [0, 0.05) is 20.6 Å². The molecule has 0 radical (unpaired) electrons. The topological polar surface area (TPSA) is 67.6 Å². The maximum atomic E-state index is 11.9. The number of rotatable bonds is 5. The number of hydrogen-bond donors (Lipinski definition) is 2. The summed E-state index contributed by atoms with van der Waals surface area (Å²) in [7, 11) is 3.81. The summed E-state index contributed by atoms with van der Waals surface area (Å²) in [6, 6.07) is 0. The lowest BCUT2D eigenvalue weighted by Crippen LogP contribution is -2.22. The first kappa shape index (κ1) is 14.6. The molecule has 0 saturated carbocycles. The van der Waals surface area contributed by atoms with Crippen molar-refractivity contribution in [3.8, 4) is 5.75 Å². The SMILES string of the molecule is CCNC(=O)c1sc(N(C)C)c(OC(C)C)c1N. The molecule has 102 valence electrons. The van der Waals surface area contributed by atoms with Gasteiger partial charge in [-0.25, -0.2) is 0 Å². The molecule has 0 aromatic carbocycles. The van der Waals surface area contributed by atoms with Crippen LogP contribution in [0, 0.1) is 0 Å². The number of hydrogen-bond acceptors (Lipinski definition) is 5. The minimum Gasteiger partial charge on any atom is -0.486 e. The van der Waals surface area contributed by atoms with Gasteiger partial charge in [0.1, 0.15) is 15.6 Å². The number of nitrogens with zero attached hydrogens (tertiary/aromatic N) is 1. The molecule has 0 aliphatic rings. The summed E-state index contributed by atoms with van der Waals surface area (Å²) in [5.74, 6) is 0.447. The van der Waals surface area contributed by atoms with Crippen LogP contribution in [-0.4, -0.2) is 32.7 Å². The van der Waals surface area contributed by atoms with E-state index in [1.54, 1.807) is 0 Å². The van der Waals surface area contributed by atoms with E-state index in [4.69, 9.17) is 10.5 Å². The molecule has 1 heterocycles. The average Bonchev–Trinajstić information content (AvgIpc) is 2.56. The predicted molar refractivity (Wildman–Crippen MR) is 76.8 cm³/mol. The van der Waals surface area contributed by atoms with Crippen LogP contribution in [0.3, 0.4) is 0 Å². The van der Waals surface area contributed by atoms with E-state index in [0.29, 0.717) is 22.9 Å². The number of anilines is 2. The highest BCUT2D eigenvalue weighted by atomic mass is 32.1. The van der Waals surface area contributed by atoms with Gasteiger partial charge in [-0.2, -0.15) is 0 Å². The van der Waals surface area contributed by atoms with Crippen molar-refractivity contribution in [3.63, 3.8) is 0 Å². The van der Waals surface area contributed by atoms with Crippen molar-refractivity contribution in [2.75, 3.05) is 31.3 Å². The van der Waals surface area contributed by atoms with Gasteiger partial charge in [-0.1, -0.05) is 0 Å². The Hall–Kier alpha value is -1.43. The molecule has 0 atom stereocenters. The summed E-state index contributed by atoms with van der Waals surface area (Å²) in [6.45, 7) is 6.32. The highest BCUT2D eigenvalue weighted by Crippen LogP contribution is 2.44. The fourth-order valence-corrected chi connectivity index (χ4v) is 2.46. The van der Waals surface area contributed by atoms with Crippen molar-refractivity contribution in [3.05, 3.63) is 4.88 Å². The van der Waals surface area contributed by atoms with Crippen LogP contribution < -0.4 is 20.7 Å². The molecule has 0 fully saturated rings. The van der Waals surface area contributed by atoms with E-state index in [2.05, 4.69) is 5.32 Å². The highest BCUT2D eigenvalue weighted by Gasteiger charge is 2.23. The lowest BCUT2D eigenvalue weighted by molar-refractivity contribution is 0.0960. The number of nitrogen functional groups attached to an aromatic ring is 1. The zero-order valence-electron chi connectivity index (χ0n) is 11.5. The Morgan fingerprint density at radius 2 is 2.11 bits per heavy atom. The number of carbonyl (C=O) groups is 1. The summed E-state index contributed by atoms with van der Waals surface area (Å²) in [5, 5.41) is 3.62. The Bertz CT molecular complexity index is 427. The van der Waals surface area contributed by atoms with Crippen molar-refractivity contribution in [1.82, 2.24) is 5.32 Å². The summed E-state index contributed by atoms with van der Waals surface area (Å²) in [4.78, 5) is 14.3. The van der Waals surface area contributed by atoms with Crippen LogP contribution in [0.25, 0.3) is 0 Å². The van der Waals surface area contributed by atoms with Gasteiger partial charge in [-0.05, 0) is 20.8 Å². The molecule has 0 saturated heterocycles. The maximum Gasteiger partial charge on any atom is 0.263 e. The number of ether oxygens (including phenoxy) is 1. The second kappa shape index (κ2) is 5.95. The zero-order chi connectivity index (χ0) is 13.9. The van der Waals surface area contributed by atoms with E-state index in [0.717, 1.165) is 5.00 Å². The third kappa shape index (κ3) is 3.07. The van der Waals surface area contributed by atoms with E-state index in [-0.39, 0.29) is 12.0 Å². The summed E-state index contributed by atoms with van der Waals surface area (Å²) in [5.41, 5.74) is 6.44. The van der Waals surface area contributed by atoms with Crippen molar-refractivity contribution in [1.29, 1.82) is 0 Å². The largest absolute Gasteiger partial charge is 0.486 e. The number of thiophene rings is 1. The minimum absolute atomic E-state index is 0.0164. The van der Waals surface area contributed by atoms with Gasteiger partial charge in [0.25, 0.3) is 5.91 Å². The summed E-state index contributed by atoms with van der Waals surface area (Å²) in [6.07, 6.45) is 0.0164. The zero-order valence-corrected chi connectivity index (χ0v) is 12.4. The third-order valence-electron chi connectivity index (χ3n) is 2.19. The number of carbonyl (C=O) groups excluding carboxylic acids is 1. The molecule has 18 heavy (non-hydrogen) atoms. The van der Waals surface area contributed by atoms with Gasteiger partial charge in [0.2, 0.25) is 0 Å². The second-order valence-corrected chi connectivity index (χ2v) is 5.40. The van der Waals surface area contributed by atoms with Gasteiger partial charge in [-0.15, -0.1) is 11.3 Å². The molecule has 1 aromatic rings. The summed E-state index contributed by atoms with van der Waals surface area (Å²) >= 11 is 1.35. The first-order chi connectivity index (χ1) is 8.38. The Labute approximate surface area is 112 Å². The molecule has 6 heteroatoms. The first-order valence-electron chi connectivity index (χ1n) is 5.92. The molecule has 1 amide bonds. The Kier molecular flexibility index (Phi) is 4.84. The van der Waals surface area contributed by atoms with Crippen LogP contribution in [-0.2, 0) is 0 Å². The van der Waals surface area contributed by atoms with Crippen molar-refractivity contribution < 1.29 is 9.53 Å². The van der Waals surface area contributed by atoms with Crippen LogP contribution in [0.4, 0.5) is 10.7 Å². The third-order valence-corrected chi connectivity index (χ3v) is 3.54. The average molecular weight is 271 g/mol. The summed E-state index contributed by atoms with van der Waals surface area (Å²) < 4.78 is 5.71. The molecule has 1 rings (SSSR count). The first-order valence-corrected chi connectivity index (χ1v) is 6.74. The van der Waals surface area contributed by atoms with E-state index in [9.17, 15) is 4.79 Å². The molecule has 1 aromatic heterocycles. The van der Waals surface area contributed by atoms with Crippen LogP contribution in [0.1, 0.15) is 30.4 Å². The van der Waals surface area contributed by atoms with Crippen LogP contribution in [0.2, 0.25) is 0 Å². The molecule has 5 nitrogen and oxygen atoms in total. The quantitative estimate of drug-likeness (QED) is 0.858. The van der Waals surface area contributed by atoms with Crippen LogP contribution in [0.15, 0.2) is 0 Å². The standard InChI is InChI=1S/C12H21N3O2S/c1-6-14-11(16)10-8(13)9(17-7(2)3)12(18-10)15(4)5/h7H,6,13H2,1-5H3,(H,14,16). The van der Waals surface area contributed by atoms with Crippen molar-refractivity contribution in [2.24, 2.45) is 0 Å². The van der Waals surface area contributed by atoms with Crippen LogP contribution in [0.5, 0.6) is 5.75 Å². The lowest BCUT2D eigenvalue weighted by atomic mass is 10.3. The molecule has 3 N–H and O–H groups in total. The Balaban J connectivity index is 3.19. The number of amides is 1. The monoisotopic (exact) mass is 271 g/mol. The molecule has 0 spiro atoms. The molecule has 0 bridgehead atoms. The van der Waals surface area contributed by atoms with E-state index < -0.39 is 0 Å². The van der Waals surface area contributed by atoms with E-state index in [1.807, 2.05) is 39.8 Å². The molecule has 0 aliphatic carbocycles. The number of nitrogens with one attached hydrogen (secondary N) is 1. The fourth-order valence-electron chi connectivity index (χ4n) is 1.47. The highest BCUT2D eigenvalue weighted by molar-refractivity contribution is 7.19. The molecular formula is C12H21N3O2S. The normalized spacial score (nSPS) is 10.6. The van der Waals surface area contributed by atoms with Gasteiger partial charge in [-0.3, -0.25) is 4.79 Å². The van der Waals surface area contributed by atoms with Crippen molar-refractivity contribution >= 4 is 27.9 Å². The molecule has 0 aliphatic heterocycles. The number of nitrogens with two attached hydrogens (primary N) is 1. The minimum atomic E-state index is -0.151. The molecule has 0 unspecified atom stereocenters. The van der Waals surface area contributed by atoms with Gasteiger partial charge < -0.3 is 20.7 Å². The Morgan fingerprint density at radius 1 is 1.50 bits per heavy atom. The second-order valence-electron chi connectivity index (χ2n) is 4.40. The maximum absolute atomic E-state index is 11.9. The van der Waals surface area contributed by atoms with Crippen molar-refractivity contribution in [2.45, 2.75) is 26.9 Å². The van der Waals surface area contributed by atoms with E-state index in [1.165, 1.54) is 11.3 Å². The van der Waals surface area contributed by atoms with E-state index >= 15 is 0 Å². The predicted octanol–water partition coefficient (Wildman–Crippen LogP) is 1.93.